The van der Waals surface area contributed by atoms with Crippen molar-refractivity contribution in [2.75, 3.05) is 7.11 Å². The van der Waals surface area contributed by atoms with Crippen molar-refractivity contribution in [3.05, 3.63) is 35.4 Å². The quantitative estimate of drug-likeness (QED) is 0.766. The molecular formula is C12H14O4. The lowest BCUT2D eigenvalue weighted by atomic mass is 10.0. The number of carboxylic acids is 1. The Bertz CT molecular complexity index is 421. The van der Waals surface area contributed by atoms with Crippen molar-refractivity contribution in [2.45, 2.75) is 13.3 Å². The van der Waals surface area contributed by atoms with Crippen LogP contribution in [-0.2, 0) is 6.42 Å². The molecule has 0 saturated carbocycles. The molecule has 1 aromatic rings. The minimum atomic E-state index is -1.08. The number of phenols is 1. The summed E-state index contributed by atoms with van der Waals surface area (Å²) in [6, 6.07) is 2.63. The van der Waals surface area contributed by atoms with Gasteiger partial charge in [-0.25, -0.2) is 4.79 Å². The summed E-state index contributed by atoms with van der Waals surface area (Å²) < 4.78 is 5.06. The molecule has 0 aromatic heterocycles. The standard InChI is InChI=1S/C12H14O4/c1-3-4-5-9-10(12(14)15)6-8(13)7-11(9)16-2/h3-4,6-7,13H,5H2,1-2H3,(H,14,15)/b4-3+. The third kappa shape index (κ3) is 2.53. The van der Waals surface area contributed by atoms with E-state index < -0.39 is 5.97 Å². The molecule has 1 rings (SSSR count). The fraction of sp³-hybridized carbons (Fsp3) is 0.250. The summed E-state index contributed by atoms with van der Waals surface area (Å²) in [6.07, 6.45) is 4.13. The highest BCUT2D eigenvalue weighted by atomic mass is 16.5. The first-order valence-corrected chi connectivity index (χ1v) is 4.84. The summed E-state index contributed by atoms with van der Waals surface area (Å²) in [4.78, 5) is 11.0. The summed E-state index contributed by atoms with van der Waals surface area (Å²) in [5, 5.41) is 18.4. The number of allylic oxidation sites excluding steroid dienone is 2. The smallest absolute Gasteiger partial charge is 0.336 e. The first-order valence-electron chi connectivity index (χ1n) is 4.84. The number of hydrogen-bond acceptors (Lipinski definition) is 3. The third-order valence-corrected chi connectivity index (χ3v) is 2.20. The minimum Gasteiger partial charge on any atom is -0.508 e. The van der Waals surface area contributed by atoms with Crippen molar-refractivity contribution >= 4 is 5.97 Å². The number of phenolic OH excluding ortho intramolecular Hbond substituents is 1. The highest BCUT2D eigenvalue weighted by Gasteiger charge is 2.15. The van der Waals surface area contributed by atoms with Gasteiger partial charge in [0.25, 0.3) is 0 Å². The van der Waals surface area contributed by atoms with Crippen molar-refractivity contribution in [2.24, 2.45) is 0 Å². The van der Waals surface area contributed by atoms with Crippen LogP contribution in [0.5, 0.6) is 11.5 Å². The molecule has 0 unspecified atom stereocenters. The topological polar surface area (TPSA) is 66.8 Å². The van der Waals surface area contributed by atoms with E-state index in [1.807, 2.05) is 19.1 Å². The van der Waals surface area contributed by atoms with Gasteiger partial charge >= 0.3 is 5.97 Å². The first-order chi connectivity index (χ1) is 7.60. The number of carboxylic acid groups (broad SMARTS) is 1. The fourth-order valence-corrected chi connectivity index (χ4v) is 1.45. The van der Waals surface area contributed by atoms with E-state index >= 15 is 0 Å². The van der Waals surface area contributed by atoms with Gasteiger partial charge < -0.3 is 14.9 Å². The number of aromatic carboxylic acids is 1. The van der Waals surface area contributed by atoms with Gasteiger partial charge in [-0.3, -0.25) is 0 Å². The Morgan fingerprint density at radius 3 is 2.69 bits per heavy atom. The van der Waals surface area contributed by atoms with Gasteiger partial charge in [0.15, 0.2) is 0 Å². The molecule has 1 aromatic carbocycles. The Labute approximate surface area is 93.8 Å². The maximum atomic E-state index is 11.0. The van der Waals surface area contributed by atoms with Crippen LogP contribution in [-0.4, -0.2) is 23.3 Å². The lowest BCUT2D eigenvalue weighted by molar-refractivity contribution is 0.0695. The van der Waals surface area contributed by atoms with Gasteiger partial charge in [0.05, 0.1) is 12.7 Å². The fourth-order valence-electron chi connectivity index (χ4n) is 1.45. The maximum absolute atomic E-state index is 11.0. The third-order valence-electron chi connectivity index (χ3n) is 2.20. The summed E-state index contributed by atoms with van der Waals surface area (Å²) >= 11 is 0. The predicted molar refractivity (Wildman–Crippen MR) is 60.1 cm³/mol. The van der Waals surface area contributed by atoms with E-state index in [4.69, 9.17) is 9.84 Å². The number of aromatic hydroxyl groups is 1. The van der Waals surface area contributed by atoms with Crippen LogP contribution in [0.3, 0.4) is 0 Å². The number of rotatable bonds is 4. The average Bonchev–Trinajstić information content (AvgIpc) is 2.26. The van der Waals surface area contributed by atoms with E-state index in [0.29, 0.717) is 17.7 Å². The normalized spacial score (nSPS) is 10.6. The van der Waals surface area contributed by atoms with Gasteiger partial charge in [-0.05, 0) is 19.4 Å². The number of methoxy groups -OCH3 is 1. The monoisotopic (exact) mass is 222 g/mol. The molecule has 0 fully saturated rings. The van der Waals surface area contributed by atoms with Crippen molar-refractivity contribution in [1.82, 2.24) is 0 Å². The molecule has 2 N–H and O–H groups in total. The maximum Gasteiger partial charge on any atom is 0.336 e. The Morgan fingerprint density at radius 2 is 2.19 bits per heavy atom. The molecule has 0 radical (unpaired) electrons. The van der Waals surface area contributed by atoms with Crippen molar-refractivity contribution in [3.63, 3.8) is 0 Å². The van der Waals surface area contributed by atoms with E-state index in [9.17, 15) is 9.90 Å². The zero-order valence-corrected chi connectivity index (χ0v) is 9.23. The van der Waals surface area contributed by atoms with Crippen LogP contribution in [0.25, 0.3) is 0 Å². The van der Waals surface area contributed by atoms with Gasteiger partial charge in [-0.15, -0.1) is 0 Å². The SMILES string of the molecule is C/C=C/Cc1c(OC)cc(O)cc1C(=O)O. The minimum absolute atomic E-state index is 0.0648. The number of benzene rings is 1. The molecule has 0 heterocycles. The largest absolute Gasteiger partial charge is 0.508 e. The summed E-state index contributed by atoms with van der Waals surface area (Å²) in [6.45, 7) is 1.85. The number of carbonyl (C=O) groups is 1. The van der Waals surface area contributed by atoms with Crippen molar-refractivity contribution in [3.8, 4) is 11.5 Å². The average molecular weight is 222 g/mol. The van der Waals surface area contributed by atoms with E-state index in [1.54, 1.807) is 0 Å². The molecule has 0 aliphatic rings. The van der Waals surface area contributed by atoms with Crippen LogP contribution < -0.4 is 4.74 Å². The highest BCUT2D eigenvalue weighted by molar-refractivity contribution is 5.91. The van der Waals surface area contributed by atoms with E-state index in [2.05, 4.69) is 0 Å². The molecule has 4 heteroatoms. The molecule has 0 spiro atoms. The lowest BCUT2D eigenvalue weighted by Crippen LogP contribution is -2.04. The Hall–Kier alpha value is -1.97. The molecule has 16 heavy (non-hydrogen) atoms. The van der Waals surface area contributed by atoms with Gasteiger partial charge in [0.1, 0.15) is 11.5 Å². The Kier molecular flexibility index (Phi) is 3.94. The number of hydrogen-bond donors (Lipinski definition) is 2. The number of ether oxygens (including phenoxy) is 1. The molecule has 4 nitrogen and oxygen atoms in total. The summed E-state index contributed by atoms with van der Waals surface area (Å²) in [5.74, 6) is -0.803. The van der Waals surface area contributed by atoms with E-state index in [-0.39, 0.29) is 11.3 Å². The second-order valence-corrected chi connectivity index (χ2v) is 3.25. The molecule has 0 aliphatic carbocycles. The van der Waals surface area contributed by atoms with Crippen molar-refractivity contribution in [1.29, 1.82) is 0 Å². The predicted octanol–water partition coefficient (Wildman–Crippen LogP) is 2.22. The second kappa shape index (κ2) is 5.21. The second-order valence-electron chi connectivity index (χ2n) is 3.25. The molecule has 86 valence electrons. The zero-order valence-electron chi connectivity index (χ0n) is 9.23. The van der Waals surface area contributed by atoms with Gasteiger partial charge in [0, 0.05) is 11.6 Å². The van der Waals surface area contributed by atoms with Gasteiger partial charge in [-0.1, -0.05) is 12.2 Å². The Morgan fingerprint density at radius 1 is 1.50 bits per heavy atom. The van der Waals surface area contributed by atoms with Crippen LogP contribution in [0.15, 0.2) is 24.3 Å². The summed E-state index contributed by atoms with van der Waals surface area (Å²) in [5.41, 5.74) is 0.626. The summed E-state index contributed by atoms with van der Waals surface area (Å²) in [7, 11) is 1.44. The molecule has 0 aliphatic heterocycles. The lowest BCUT2D eigenvalue weighted by Gasteiger charge is -2.10. The van der Waals surface area contributed by atoms with Crippen LogP contribution >= 0.6 is 0 Å². The Balaban J connectivity index is 3.32. The molecule has 0 saturated heterocycles. The van der Waals surface area contributed by atoms with Crippen LogP contribution in [0.1, 0.15) is 22.8 Å². The zero-order chi connectivity index (χ0) is 12.1. The van der Waals surface area contributed by atoms with E-state index in [0.717, 1.165) is 0 Å². The molecular weight excluding hydrogens is 208 g/mol. The molecule has 0 atom stereocenters. The van der Waals surface area contributed by atoms with Crippen LogP contribution in [0.4, 0.5) is 0 Å². The van der Waals surface area contributed by atoms with Gasteiger partial charge in [-0.2, -0.15) is 0 Å². The van der Waals surface area contributed by atoms with Crippen molar-refractivity contribution < 1.29 is 19.7 Å². The van der Waals surface area contributed by atoms with Crippen LogP contribution in [0, 0.1) is 0 Å². The highest BCUT2D eigenvalue weighted by Crippen LogP contribution is 2.28. The molecule has 0 bridgehead atoms. The molecule has 0 amide bonds. The first kappa shape index (κ1) is 12.1. The van der Waals surface area contributed by atoms with Gasteiger partial charge in [0.2, 0.25) is 0 Å². The van der Waals surface area contributed by atoms with Crippen LogP contribution in [0.2, 0.25) is 0 Å². The van der Waals surface area contributed by atoms with E-state index in [1.165, 1.54) is 19.2 Å².